The predicted octanol–water partition coefficient (Wildman–Crippen LogP) is -0.860. The zero-order valence-electron chi connectivity index (χ0n) is 11.2. The van der Waals surface area contributed by atoms with Crippen molar-refractivity contribution < 1.29 is 23.9 Å². The first-order valence-corrected chi connectivity index (χ1v) is 6.49. The molecule has 0 radical (unpaired) electrons. The second-order valence-corrected chi connectivity index (χ2v) is 4.94. The van der Waals surface area contributed by atoms with E-state index in [4.69, 9.17) is 0 Å². The van der Waals surface area contributed by atoms with Crippen molar-refractivity contribution in [1.82, 2.24) is 15.5 Å². The molecule has 1 heterocycles. The van der Waals surface area contributed by atoms with Gasteiger partial charge in [-0.3, -0.25) is 19.3 Å². The predicted molar refractivity (Wildman–Crippen MR) is 66.5 cm³/mol. The number of ether oxygens (including phenoxy) is 1. The minimum absolute atomic E-state index is 0.378. The molecule has 2 rings (SSSR count). The molecule has 1 aliphatic heterocycles. The Morgan fingerprint density at radius 3 is 2.60 bits per heavy atom. The molecule has 1 saturated heterocycles. The topological polar surface area (TPSA) is 105 Å². The third kappa shape index (κ3) is 2.59. The Hall–Kier alpha value is -2.12. The van der Waals surface area contributed by atoms with Crippen LogP contribution < -0.4 is 10.6 Å². The van der Waals surface area contributed by atoms with Gasteiger partial charge in [0.1, 0.15) is 12.1 Å². The number of nitrogens with one attached hydrogen (secondary N) is 2. The molecule has 4 amide bonds. The maximum atomic E-state index is 12.2. The summed E-state index contributed by atoms with van der Waals surface area (Å²) in [7, 11) is 1.41. The number of likely N-dealkylation sites (N-methyl/N-ethyl adjacent to an activating group) is 1. The average Bonchev–Trinajstić information content (AvgIpc) is 2.98. The maximum Gasteiger partial charge on any atom is 0.326 e. The Morgan fingerprint density at radius 1 is 1.35 bits per heavy atom. The normalized spacial score (nSPS) is 20.1. The standard InChI is InChI=1S/C12H17N3O5/c1-13-8(16)7-20-9(17)6-15-10(18)12(14-11(15)19)4-2-3-5-12/h2-7H2,1H3,(H,13,16)(H,14,19). The maximum absolute atomic E-state index is 12.2. The Balaban J connectivity index is 1.92. The molecule has 0 unspecified atom stereocenters. The zero-order chi connectivity index (χ0) is 14.8. The van der Waals surface area contributed by atoms with E-state index in [0.717, 1.165) is 17.7 Å². The molecule has 0 atom stereocenters. The third-order valence-electron chi connectivity index (χ3n) is 3.63. The molecule has 0 aromatic heterocycles. The second-order valence-electron chi connectivity index (χ2n) is 4.94. The Bertz CT molecular complexity index is 456. The molecular weight excluding hydrogens is 266 g/mol. The van der Waals surface area contributed by atoms with Gasteiger partial charge in [0.25, 0.3) is 11.8 Å². The lowest BCUT2D eigenvalue weighted by Crippen LogP contribution is -2.44. The zero-order valence-corrected chi connectivity index (χ0v) is 11.2. The van der Waals surface area contributed by atoms with Crippen molar-refractivity contribution in [1.29, 1.82) is 0 Å². The van der Waals surface area contributed by atoms with Crippen LogP contribution in [0.3, 0.4) is 0 Å². The summed E-state index contributed by atoms with van der Waals surface area (Å²) in [6.45, 7) is -0.895. The summed E-state index contributed by atoms with van der Waals surface area (Å²) in [5, 5.41) is 4.96. The van der Waals surface area contributed by atoms with Crippen LogP contribution in [0.25, 0.3) is 0 Å². The minimum atomic E-state index is -0.835. The molecule has 20 heavy (non-hydrogen) atoms. The van der Waals surface area contributed by atoms with Crippen molar-refractivity contribution in [3.05, 3.63) is 0 Å². The molecule has 0 bridgehead atoms. The van der Waals surface area contributed by atoms with Crippen molar-refractivity contribution in [2.24, 2.45) is 0 Å². The third-order valence-corrected chi connectivity index (χ3v) is 3.63. The summed E-state index contributed by atoms with van der Waals surface area (Å²) in [5.41, 5.74) is -0.835. The van der Waals surface area contributed by atoms with Crippen LogP contribution in [-0.4, -0.2) is 54.5 Å². The summed E-state index contributed by atoms with van der Waals surface area (Å²) < 4.78 is 4.68. The quantitative estimate of drug-likeness (QED) is 0.516. The Labute approximate surface area is 115 Å². The van der Waals surface area contributed by atoms with Crippen molar-refractivity contribution >= 4 is 23.8 Å². The van der Waals surface area contributed by atoms with Gasteiger partial charge in [-0.15, -0.1) is 0 Å². The highest BCUT2D eigenvalue weighted by Crippen LogP contribution is 2.34. The number of nitrogens with zero attached hydrogens (tertiary/aromatic N) is 1. The second kappa shape index (κ2) is 5.48. The molecule has 1 aliphatic carbocycles. The summed E-state index contributed by atoms with van der Waals surface area (Å²) >= 11 is 0. The van der Waals surface area contributed by atoms with E-state index >= 15 is 0 Å². The lowest BCUT2D eigenvalue weighted by Gasteiger charge is -2.19. The van der Waals surface area contributed by atoms with Crippen molar-refractivity contribution in [3.63, 3.8) is 0 Å². The first kappa shape index (κ1) is 14.3. The molecule has 1 spiro atoms. The van der Waals surface area contributed by atoms with E-state index in [9.17, 15) is 19.2 Å². The highest BCUT2D eigenvalue weighted by Gasteiger charge is 2.52. The molecule has 8 nitrogen and oxygen atoms in total. The smallest absolute Gasteiger partial charge is 0.326 e. The number of imide groups is 1. The number of hydrogen-bond acceptors (Lipinski definition) is 5. The van der Waals surface area contributed by atoms with Gasteiger partial charge in [-0.1, -0.05) is 12.8 Å². The number of carbonyl (C=O) groups is 4. The number of esters is 1. The van der Waals surface area contributed by atoms with Crippen molar-refractivity contribution in [2.75, 3.05) is 20.2 Å². The van der Waals surface area contributed by atoms with Crippen LogP contribution in [0.15, 0.2) is 0 Å². The van der Waals surface area contributed by atoms with Crippen LogP contribution in [-0.2, 0) is 19.1 Å². The molecule has 1 saturated carbocycles. The highest BCUT2D eigenvalue weighted by molar-refractivity contribution is 6.08. The lowest BCUT2D eigenvalue weighted by molar-refractivity contribution is -0.151. The van der Waals surface area contributed by atoms with Gasteiger partial charge in [0.2, 0.25) is 0 Å². The van der Waals surface area contributed by atoms with Crippen molar-refractivity contribution in [3.8, 4) is 0 Å². The molecule has 2 fully saturated rings. The number of rotatable bonds is 4. The van der Waals surface area contributed by atoms with Gasteiger partial charge in [-0.05, 0) is 12.8 Å². The summed E-state index contributed by atoms with van der Waals surface area (Å²) in [6.07, 6.45) is 2.95. The summed E-state index contributed by atoms with van der Waals surface area (Å²) in [5.74, 6) is -1.62. The highest BCUT2D eigenvalue weighted by atomic mass is 16.5. The summed E-state index contributed by atoms with van der Waals surface area (Å²) in [6, 6.07) is -0.575. The first-order chi connectivity index (χ1) is 9.48. The van der Waals surface area contributed by atoms with E-state index in [1.54, 1.807) is 0 Å². The Kier molecular flexibility index (Phi) is 3.91. The SMILES string of the molecule is CNC(=O)COC(=O)CN1C(=O)NC2(CCCC2)C1=O. The number of amides is 4. The minimum Gasteiger partial charge on any atom is -0.454 e. The van der Waals surface area contributed by atoms with Gasteiger partial charge in [0.15, 0.2) is 6.61 Å². The van der Waals surface area contributed by atoms with Crippen LogP contribution >= 0.6 is 0 Å². The fourth-order valence-electron chi connectivity index (χ4n) is 2.53. The molecular formula is C12H17N3O5. The van der Waals surface area contributed by atoms with Crippen LogP contribution in [0, 0.1) is 0 Å². The monoisotopic (exact) mass is 283 g/mol. The summed E-state index contributed by atoms with van der Waals surface area (Å²) in [4.78, 5) is 47.3. The lowest BCUT2D eigenvalue weighted by atomic mass is 9.98. The van der Waals surface area contributed by atoms with Crippen LogP contribution in [0.2, 0.25) is 0 Å². The number of hydrogen-bond donors (Lipinski definition) is 2. The van der Waals surface area contributed by atoms with Gasteiger partial charge in [-0.25, -0.2) is 4.79 Å². The van der Waals surface area contributed by atoms with Gasteiger partial charge < -0.3 is 15.4 Å². The molecule has 8 heteroatoms. The molecule has 0 aromatic rings. The number of urea groups is 1. The molecule has 110 valence electrons. The van der Waals surface area contributed by atoms with E-state index in [0.29, 0.717) is 12.8 Å². The van der Waals surface area contributed by atoms with Crippen LogP contribution in [0.4, 0.5) is 4.79 Å². The molecule has 2 N–H and O–H groups in total. The van der Waals surface area contributed by atoms with E-state index < -0.39 is 36.6 Å². The van der Waals surface area contributed by atoms with Gasteiger partial charge in [0.05, 0.1) is 0 Å². The fraction of sp³-hybridized carbons (Fsp3) is 0.667. The largest absolute Gasteiger partial charge is 0.454 e. The van der Waals surface area contributed by atoms with E-state index in [-0.39, 0.29) is 5.91 Å². The average molecular weight is 283 g/mol. The van der Waals surface area contributed by atoms with Crippen LogP contribution in [0.5, 0.6) is 0 Å². The van der Waals surface area contributed by atoms with Gasteiger partial charge in [0, 0.05) is 7.05 Å². The Morgan fingerprint density at radius 2 is 2.00 bits per heavy atom. The molecule has 2 aliphatic rings. The van der Waals surface area contributed by atoms with E-state index in [2.05, 4.69) is 15.4 Å². The van der Waals surface area contributed by atoms with Crippen LogP contribution in [0.1, 0.15) is 25.7 Å². The van der Waals surface area contributed by atoms with Gasteiger partial charge in [-0.2, -0.15) is 0 Å². The van der Waals surface area contributed by atoms with E-state index in [1.807, 2.05) is 0 Å². The van der Waals surface area contributed by atoms with Gasteiger partial charge >= 0.3 is 12.0 Å². The first-order valence-electron chi connectivity index (χ1n) is 6.49. The molecule has 0 aromatic carbocycles. The fourth-order valence-corrected chi connectivity index (χ4v) is 2.53. The van der Waals surface area contributed by atoms with E-state index in [1.165, 1.54) is 7.05 Å². The van der Waals surface area contributed by atoms with Crippen molar-refractivity contribution in [2.45, 2.75) is 31.2 Å². The number of carbonyl (C=O) groups excluding carboxylic acids is 4.